The van der Waals surface area contributed by atoms with Crippen LogP contribution in [0.1, 0.15) is 54.1 Å². The van der Waals surface area contributed by atoms with E-state index < -0.39 is 11.9 Å². The standard InChI is InChI=1S/C28H26ClN3O3/c29-20-12-16-22(17-13-20)32-26(23-8-4-5-9-24(23)31-32)25(18-6-2-1-3-7-18)27(33)30-21-14-10-19(11-15-21)28(34)35/h4-5,8-18,25H,1-3,6-7H2,(H,30,33)(H,34,35). The molecule has 0 radical (unpaired) electrons. The minimum Gasteiger partial charge on any atom is -0.478 e. The van der Waals surface area contributed by atoms with Crippen LogP contribution in [0.3, 0.4) is 0 Å². The Balaban J connectivity index is 1.60. The molecule has 3 aromatic carbocycles. The zero-order chi connectivity index (χ0) is 24.4. The third-order valence-electron chi connectivity index (χ3n) is 6.78. The van der Waals surface area contributed by atoms with Crippen LogP contribution in [0.5, 0.6) is 0 Å². The molecule has 1 aromatic heterocycles. The lowest BCUT2D eigenvalue weighted by molar-refractivity contribution is -0.119. The molecule has 0 aliphatic heterocycles. The van der Waals surface area contributed by atoms with E-state index in [0.29, 0.717) is 10.7 Å². The molecule has 6 nitrogen and oxygen atoms in total. The van der Waals surface area contributed by atoms with Crippen molar-refractivity contribution in [2.24, 2.45) is 5.92 Å². The van der Waals surface area contributed by atoms with Gasteiger partial charge in [0.05, 0.1) is 28.4 Å². The number of carboxylic acid groups (broad SMARTS) is 1. The molecule has 1 unspecified atom stereocenters. The number of nitrogens with one attached hydrogen (secondary N) is 1. The molecule has 1 atom stereocenters. The molecule has 1 heterocycles. The molecule has 1 fully saturated rings. The molecular formula is C28H26ClN3O3. The number of fused-ring (bicyclic) bond motifs is 1. The quantitative estimate of drug-likeness (QED) is 0.317. The molecule has 0 bridgehead atoms. The van der Waals surface area contributed by atoms with E-state index in [1.54, 1.807) is 12.1 Å². The molecule has 1 amide bonds. The van der Waals surface area contributed by atoms with Crippen molar-refractivity contribution < 1.29 is 14.7 Å². The van der Waals surface area contributed by atoms with Gasteiger partial charge in [-0.15, -0.1) is 0 Å². The monoisotopic (exact) mass is 487 g/mol. The number of halogens is 1. The van der Waals surface area contributed by atoms with Crippen LogP contribution in [0, 0.1) is 5.92 Å². The number of carbonyl (C=O) groups is 2. The highest BCUT2D eigenvalue weighted by Crippen LogP contribution is 2.40. The summed E-state index contributed by atoms with van der Waals surface area (Å²) in [6, 6.07) is 21.7. The first-order valence-corrected chi connectivity index (χ1v) is 12.3. The summed E-state index contributed by atoms with van der Waals surface area (Å²) in [5.41, 5.74) is 3.30. The lowest BCUT2D eigenvalue weighted by Gasteiger charge is -2.30. The van der Waals surface area contributed by atoms with Crippen molar-refractivity contribution in [1.29, 1.82) is 0 Å². The topological polar surface area (TPSA) is 84.2 Å². The summed E-state index contributed by atoms with van der Waals surface area (Å²) in [5, 5.41) is 18.7. The number of carboxylic acids is 1. The molecule has 4 aromatic rings. The molecule has 1 aliphatic rings. The van der Waals surface area contributed by atoms with Crippen LogP contribution in [0.15, 0.2) is 72.8 Å². The van der Waals surface area contributed by atoms with Crippen LogP contribution < -0.4 is 5.32 Å². The summed E-state index contributed by atoms with van der Waals surface area (Å²) in [5.74, 6) is -1.35. The Hall–Kier alpha value is -3.64. The number of aromatic nitrogens is 2. The first-order valence-electron chi connectivity index (χ1n) is 11.9. The predicted molar refractivity (Wildman–Crippen MR) is 137 cm³/mol. The molecule has 2 N–H and O–H groups in total. The van der Waals surface area contributed by atoms with Gasteiger partial charge in [0.2, 0.25) is 5.91 Å². The number of nitrogens with zero attached hydrogens (tertiary/aromatic N) is 2. The number of hydrogen-bond donors (Lipinski definition) is 2. The zero-order valence-corrected chi connectivity index (χ0v) is 19.9. The number of benzene rings is 3. The molecule has 35 heavy (non-hydrogen) atoms. The Morgan fingerprint density at radius 3 is 2.31 bits per heavy atom. The van der Waals surface area contributed by atoms with Gasteiger partial charge in [-0.2, -0.15) is 5.10 Å². The minimum absolute atomic E-state index is 0.110. The van der Waals surface area contributed by atoms with Gasteiger partial charge in [0, 0.05) is 16.1 Å². The fourth-order valence-electron chi connectivity index (χ4n) is 5.08. The van der Waals surface area contributed by atoms with Crippen molar-refractivity contribution in [3.63, 3.8) is 0 Å². The molecule has 7 heteroatoms. The highest BCUT2D eigenvalue weighted by atomic mass is 35.5. The average Bonchev–Trinajstić information content (AvgIpc) is 3.25. The van der Waals surface area contributed by atoms with E-state index in [9.17, 15) is 14.7 Å². The zero-order valence-electron chi connectivity index (χ0n) is 19.2. The van der Waals surface area contributed by atoms with Crippen molar-refractivity contribution in [3.8, 4) is 5.69 Å². The van der Waals surface area contributed by atoms with Crippen LogP contribution in [0.2, 0.25) is 5.02 Å². The number of hydrogen-bond acceptors (Lipinski definition) is 3. The van der Waals surface area contributed by atoms with Crippen LogP contribution in [0.25, 0.3) is 16.6 Å². The van der Waals surface area contributed by atoms with E-state index >= 15 is 0 Å². The predicted octanol–water partition coefficient (Wildman–Crippen LogP) is 6.68. The van der Waals surface area contributed by atoms with Gasteiger partial charge in [0.15, 0.2) is 0 Å². The SMILES string of the molecule is O=C(O)c1ccc(NC(=O)C(c2c3ccccc3nn2-c2ccc(Cl)cc2)C2CCCCC2)cc1. The van der Waals surface area contributed by atoms with Gasteiger partial charge in [-0.25, -0.2) is 9.48 Å². The van der Waals surface area contributed by atoms with Crippen LogP contribution in [-0.2, 0) is 4.79 Å². The third kappa shape index (κ3) is 4.80. The maximum Gasteiger partial charge on any atom is 0.335 e. The highest BCUT2D eigenvalue weighted by molar-refractivity contribution is 6.30. The van der Waals surface area contributed by atoms with Crippen molar-refractivity contribution in [2.45, 2.75) is 38.0 Å². The van der Waals surface area contributed by atoms with Crippen molar-refractivity contribution >= 4 is 40.1 Å². The van der Waals surface area contributed by atoms with Crippen molar-refractivity contribution in [1.82, 2.24) is 9.78 Å². The number of carbonyl (C=O) groups excluding carboxylic acids is 1. The second-order valence-corrected chi connectivity index (χ2v) is 9.47. The van der Waals surface area contributed by atoms with E-state index in [1.807, 2.05) is 53.2 Å². The van der Waals surface area contributed by atoms with Crippen molar-refractivity contribution in [3.05, 3.63) is 89.1 Å². The second kappa shape index (κ2) is 9.92. The number of rotatable bonds is 6. The first kappa shape index (κ1) is 23.1. The lowest BCUT2D eigenvalue weighted by Crippen LogP contribution is -2.31. The van der Waals surface area contributed by atoms with Gasteiger partial charge in [0.1, 0.15) is 0 Å². The Bertz CT molecular complexity index is 1360. The Labute approximate surface area is 208 Å². The second-order valence-electron chi connectivity index (χ2n) is 9.04. The summed E-state index contributed by atoms with van der Waals surface area (Å²) in [6.45, 7) is 0. The van der Waals surface area contributed by atoms with Gasteiger partial charge in [-0.3, -0.25) is 4.79 Å². The fourth-order valence-corrected chi connectivity index (χ4v) is 5.20. The Kier molecular flexibility index (Phi) is 6.55. The maximum absolute atomic E-state index is 13.9. The van der Waals surface area contributed by atoms with Gasteiger partial charge < -0.3 is 10.4 Å². The van der Waals surface area contributed by atoms with Gasteiger partial charge >= 0.3 is 5.97 Å². The van der Waals surface area contributed by atoms with Gasteiger partial charge in [-0.1, -0.05) is 49.1 Å². The molecule has 0 spiro atoms. The van der Waals surface area contributed by atoms with E-state index in [2.05, 4.69) is 5.32 Å². The summed E-state index contributed by atoms with van der Waals surface area (Å²) in [7, 11) is 0. The number of amides is 1. The van der Waals surface area contributed by atoms with E-state index in [0.717, 1.165) is 48.0 Å². The van der Waals surface area contributed by atoms with Crippen LogP contribution in [-0.4, -0.2) is 26.8 Å². The Morgan fingerprint density at radius 2 is 1.63 bits per heavy atom. The van der Waals surface area contributed by atoms with E-state index in [-0.39, 0.29) is 17.4 Å². The van der Waals surface area contributed by atoms with Gasteiger partial charge in [-0.05, 0) is 73.4 Å². The molecule has 178 valence electrons. The fraction of sp³-hybridized carbons (Fsp3) is 0.250. The summed E-state index contributed by atoms with van der Waals surface area (Å²) >= 11 is 6.14. The first-order chi connectivity index (χ1) is 17.0. The normalized spacial score (nSPS) is 15.1. The third-order valence-corrected chi connectivity index (χ3v) is 7.04. The summed E-state index contributed by atoms with van der Waals surface area (Å²) < 4.78 is 1.88. The Morgan fingerprint density at radius 1 is 0.943 bits per heavy atom. The molecular weight excluding hydrogens is 462 g/mol. The number of anilines is 1. The molecule has 5 rings (SSSR count). The smallest absolute Gasteiger partial charge is 0.335 e. The van der Waals surface area contributed by atoms with Gasteiger partial charge in [0.25, 0.3) is 0 Å². The van der Waals surface area contributed by atoms with Crippen LogP contribution in [0.4, 0.5) is 5.69 Å². The summed E-state index contributed by atoms with van der Waals surface area (Å²) in [6.07, 6.45) is 5.30. The molecule has 0 saturated heterocycles. The number of aromatic carboxylic acids is 1. The van der Waals surface area contributed by atoms with Crippen LogP contribution >= 0.6 is 11.6 Å². The minimum atomic E-state index is -0.999. The lowest BCUT2D eigenvalue weighted by atomic mass is 9.77. The largest absolute Gasteiger partial charge is 0.478 e. The maximum atomic E-state index is 13.9. The van der Waals surface area contributed by atoms with Crippen molar-refractivity contribution in [2.75, 3.05) is 5.32 Å². The molecule has 1 aliphatic carbocycles. The summed E-state index contributed by atoms with van der Waals surface area (Å²) in [4.78, 5) is 25.1. The molecule has 1 saturated carbocycles. The van der Waals surface area contributed by atoms with E-state index in [4.69, 9.17) is 16.7 Å². The highest BCUT2D eigenvalue weighted by Gasteiger charge is 2.35. The van der Waals surface area contributed by atoms with E-state index in [1.165, 1.54) is 18.6 Å². The average molecular weight is 488 g/mol.